The quantitative estimate of drug-likeness (QED) is 0.774. The molecule has 0 saturated carbocycles. The second-order valence-corrected chi connectivity index (χ2v) is 7.25. The lowest BCUT2D eigenvalue weighted by Gasteiger charge is -2.29. The fourth-order valence-corrected chi connectivity index (χ4v) is 4.02. The fourth-order valence-electron chi connectivity index (χ4n) is 3.75. The highest BCUT2D eigenvalue weighted by Crippen LogP contribution is 2.37. The molecule has 2 fully saturated rings. The van der Waals surface area contributed by atoms with Crippen molar-refractivity contribution in [1.82, 2.24) is 10.6 Å². The SMILES string of the molecule is CCCOc1c(Cl)cc(C(=O)NC2CC3CCC(C2)N3)cc1OCC. The standard InChI is InChI=1S/C19H27ClN2O3/c1-3-7-25-18-16(20)8-12(9-17(18)24-4-2)19(23)22-15-10-13-5-6-14(11-15)21-13/h8-9,13-15,21H,3-7,10-11H2,1-2H3,(H,22,23). The third kappa shape index (κ3) is 4.39. The number of piperidine rings is 1. The molecule has 25 heavy (non-hydrogen) atoms. The summed E-state index contributed by atoms with van der Waals surface area (Å²) in [5, 5.41) is 7.16. The Kier molecular flexibility index (Phi) is 6.07. The Morgan fingerprint density at radius 3 is 2.60 bits per heavy atom. The molecule has 2 bridgehead atoms. The van der Waals surface area contributed by atoms with Gasteiger partial charge in [0.25, 0.3) is 5.91 Å². The van der Waals surface area contributed by atoms with Gasteiger partial charge in [0.2, 0.25) is 0 Å². The summed E-state index contributed by atoms with van der Waals surface area (Å²) in [6.07, 6.45) is 5.28. The van der Waals surface area contributed by atoms with Crippen LogP contribution in [0.5, 0.6) is 11.5 Å². The average Bonchev–Trinajstić information content (AvgIpc) is 2.92. The molecule has 3 rings (SSSR count). The lowest BCUT2D eigenvalue weighted by atomic mass is 9.99. The molecule has 2 unspecified atom stereocenters. The zero-order valence-electron chi connectivity index (χ0n) is 14.9. The minimum Gasteiger partial charge on any atom is -0.490 e. The molecular weight excluding hydrogens is 340 g/mol. The van der Waals surface area contributed by atoms with Crippen LogP contribution in [0.15, 0.2) is 12.1 Å². The summed E-state index contributed by atoms with van der Waals surface area (Å²) in [5.41, 5.74) is 0.517. The van der Waals surface area contributed by atoms with E-state index in [0.29, 0.717) is 47.4 Å². The van der Waals surface area contributed by atoms with Gasteiger partial charge in [-0.15, -0.1) is 0 Å². The highest BCUT2D eigenvalue weighted by Gasteiger charge is 2.34. The summed E-state index contributed by atoms with van der Waals surface area (Å²) < 4.78 is 11.3. The van der Waals surface area contributed by atoms with Crippen molar-refractivity contribution < 1.29 is 14.3 Å². The number of nitrogens with one attached hydrogen (secondary N) is 2. The molecule has 1 aromatic rings. The second kappa shape index (κ2) is 8.28. The number of ether oxygens (including phenoxy) is 2. The van der Waals surface area contributed by atoms with Gasteiger partial charge in [0.1, 0.15) is 0 Å². The molecule has 6 heteroatoms. The number of rotatable bonds is 7. The monoisotopic (exact) mass is 366 g/mol. The van der Waals surface area contributed by atoms with Gasteiger partial charge in [-0.25, -0.2) is 0 Å². The van der Waals surface area contributed by atoms with Crippen LogP contribution in [0.3, 0.4) is 0 Å². The van der Waals surface area contributed by atoms with E-state index in [-0.39, 0.29) is 11.9 Å². The van der Waals surface area contributed by atoms with Crippen molar-refractivity contribution in [2.45, 2.75) is 64.1 Å². The number of benzene rings is 1. The number of hydrogen-bond acceptors (Lipinski definition) is 4. The lowest BCUT2D eigenvalue weighted by molar-refractivity contribution is 0.0923. The second-order valence-electron chi connectivity index (χ2n) is 6.85. The molecule has 2 aliphatic rings. The third-order valence-corrected chi connectivity index (χ3v) is 5.11. The van der Waals surface area contributed by atoms with Gasteiger partial charge in [0.05, 0.1) is 18.2 Å². The Morgan fingerprint density at radius 2 is 1.96 bits per heavy atom. The highest BCUT2D eigenvalue weighted by molar-refractivity contribution is 6.32. The highest BCUT2D eigenvalue weighted by atomic mass is 35.5. The van der Waals surface area contributed by atoms with Crippen LogP contribution in [0.25, 0.3) is 0 Å². The first-order valence-corrected chi connectivity index (χ1v) is 9.64. The molecule has 2 N–H and O–H groups in total. The summed E-state index contributed by atoms with van der Waals surface area (Å²) in [4.78, 5) is 12.7. The van der Waals surface area contributed by atoms with Crippen molar-refractivity contribution in [3.05, 3.63) is 22.7 Å². The largest absolute Gasteiger partial charge is 0.490 e. The van der Waals surface area contributed by atoms with Crippen LogP contribution in [0.4, 0.5) is 0 Å². The zero-order chi connectivity index (χ0) is 17.8. The Morgan fingerprint density at radius 1 is 1.24 bits per heavy atom. The van der Waals surface area contributed by atoms with Crippen LogP contribution in [-0.4, -0.2) is 37.2 Å². The number of amides is 1. The van der Waals surface area contributed by atoms with E-state index in [1.165, 1.54) is 12.8 Å². The lowest BCUT2D eigenvalue weighted by Crippen LogP contribution is -2.48. The van der Waals surface area contributed by atoms with Crippen molar-refractivity contribution in [3.8, 4) is 11.5 Å². The van der Waals surface area contributed by atoms with E-state index in [2.05, 4.69) is 10.6 Å². The van der Waals surface area contributed by atoms with Crippen LogP contribution in [-0.2, 0) is 0 Å². The van der Waals surface area contributed by atoms with Crippen LogP contribution < -0.4 is 20.1 Å². The molecule has 2 heterocycles. The van der Waals surface area contributed by atoms with Gasteiger partial charge in [-0.2, -0.15) is 0 Å². The van der Waals surface area contributed by atoms with Gasteiger partial charge < -0.3 is 20.1 Å². The van der Waals surface area contributed by atoms with Crippen molar-refractivity contribution in [2.24, 2.45) is 0 Å². The number of fused-ring (bicyclic) bond motifs is 2. The number of hydrogen-bond donors (Lipinski definition) is 2. The van der Waals surface area contributed by atoms with Gasteiger partial charge in [-0.05, 0) is 51.2 Å². The topological polar surface area (TPSA) is 59.6 Å². The molecule has 138 valence electrons. The first-order valence-electron chi connectivity index (χ1n) is 9.26. The van der Waals surface area contributed by atoms with Gasteiger partial charge in [0, 0.05) is 23.7 Å². The molecular formula is C19H27ClN2O3. The van der Waals surface area contributed by atoms with E-state index >= 15 is 0 Å². The minimum absolute atomic E-state index is 0.101. The summed E-state index contributed by atoms with van der Waals surface area (Å²) in [6, 6.07) is 4.69. The summed E-state index contributed by atoms with van der Waals surface area (Å²) in [7, 11) is 0. The van der Waals surface area contributed by atoms with E-state index in [9.17, 15) is 4.79 Å². The van der Waals surface area contributed by atoms with Crippen LogP contribution >= 0.6 is 11.6 Å². The maximum absolute atomic E-state index is 12.7. The molecule has 0 aliphatic carbocycles. The van der Waals surface area contributed by atoms with E-state index < -0.39 is 0 Å². The van der Waals surface area contributed by atoms with E-state index in [0.717, 1.165) is 19.3 Å². The molecule has 1 aromatic carbocycles. The van der Waals surface area contributed by atoms with Crippen LogP contribution in [0.1, 0.15) is 56.3 Å². The first kappa shape index (κ1) is 18.3. The predicted octanol–water partition coefficient (Wildman–Crippen LogP) is 3.54. The molecule has 5 nitrogen and oxygen atoms in total. The number of carbonyl (C=O) groups is 1. The maximum atomic E-state index is 12.7. The van der Waals surface area contributed by atoms with Gasteiger partial charge in [0.15, 0.2) is 11.5 Å². The molecule has 0 spiro atoms. The molecule has 2 atom stereocenters. The van der Waals surface area contributed by atoms with Crippen molar-refractivity contribution in [2.75, 3.05) is 13.2 Å². The Bertz CT molecular complexity index is 611. The zero-order valence-corrected chi connectivity index (χ0v) is 15.7. The Balaban J connectivity index is 1.73. The summed E-state index contributed by atoms with van der Waals surface area (Å²) >= 11 is 6.35. The average molecular weight is 367 g/mol. The Labute approximate surface area is 154 Å². The first-order chi connectivity index (χ1) is 12.1. The van der Waals surface area contributed by atoms with Crippen LogP contribution in [0.2, 0.25) is 5.02 Å². The van der Waals surface area contributed by atoms with Gasteiger partial charge in [-0.1, -0.05) is 18.5 Å². The van der Waals surface area contributed by atoms with Crippen molar-refractivity contribution in [1.29, 1.82) is 0 Å². The van der Waals surface area contributed by atoms with Crippen molar-refractivity contribution in [3.63, 3.8) is 0 Å². The van der Waals surface area contributed by atoms with Gasteiger partial charge >= 0.3 is 0 Å². The van der Waals surface area contributed by atoms with E-state index in [1.54, 1.807) is 12.1 Å². The molecule has 0 aromatic heterocycles. The van der Waals surface area contributed by atoms with Crippen LogP contribution in [0, 0.1) is 0 Å². The third-order valence-electron chi connectivity index (χ3n) is 4.83. The molecule has 2 saturated heterocycles. The molecule has 0 radical (unpaired) electrons. The molecule has 1 amide bonds. The number of halogens is 1. The maximum Gasteiger partial charge on any atom is 0.251 e. The fraction of sp³-hybridized carbons (Fsp3) is 0.632. The minimum atomic E-state index is -0.101. The van der Waals surface area contributed by atoms with E-state index in [1.807, 2.05) is 13.8 Å². The molecule has 2 aliphatic heterocycles. The van der Waals surface area contributed by atoms with Gasteiger partial charge in [-0.3, -0.25) is 4.79 Å². The predicted molar refractivity (Wildman–Crippen MR) is 98.8 cm³/mol. The number of carbonyl (C=O) groups excluding carboxylic acids is 1. The summed E-state index contributed by atoms with van der Waals surface area (Å²) in [5.74, 6) is 0.942. The normalized spacial score (nSPS) is 24.8. The Hall–Kier alpha value is -1.46. The van der Waals surface area contributed by atoms with Crippen molar-refractivity contribution >= 4 is 17.5 Å². The smallest absolute Gasteiger partial charge is 0.251 e. The van der Waals surface area contributed by atoms with E-state index in [4.69, 9.17) is 21.1 Å². The summed E-state index contributed by atoms with van der Waals surface area (Å²) in [6.45, 7) is 4.97.